The zero-order valence-electron chi connectivity index (χ0n) is 10.8. The molecule has 2 atom stereocenters. The minimum Gasteiger partial charge on any atom is -0.480 e. The molecule has 1 rings (SSSR count). The molecule has 0 aromatic carbocycles. The summed E-state index contributed by atoms with van der Waals surface area (Å²) in [5.41, 5.74) is 0. The summed E-state index contributed by atoms with van der Waals surface area (Å²) in [6.07, 6.45) is 1.13. The topological polar surface area (TPSA) is 66.4 Å². The number of alkyl halides is 2. The average Bonchev–Trinajstić information content (AvgIpc) is 2.25. The van der Waals surface area contributed by atoms with Crippen molar-refractivity contribution in [3.05, 3.63) is 0 Å². The molecule has 0 aliphatic heterocycles. The van der Waals surface area contributed by atoms with Crippen LogP contribution in [0.1, 0.15) is 32.6 Å². The summed E-state index contributed by atoms with van der Waals surface area (Å²) in [5.74, 6) is -3.43. The second kappa shape index (κ2) is 7.07. The molecule has 1 unspecified atom stereocenters. The summed E-state index contributed by atoms with van der Waals surface area (Å²) in [6.45, 7) is 1.25. The van der Waals surface area contributed by atoms with Gasteiger partial charge in [0.25, 0.3) is 0 Å². The number of rotatable bonds is 6. The van der Waals surface area contributed by atoms with Crippen LogP contribution in [0.4, 0.5) is 8.78 Å². The Labute approximate surface area is 115 Å². The monoisotopic (exact) mass is 295 g/mol. The number of amides is 1. The molecule has 1 fully saturated rings. The van der Waals surface area contributed by atoms with Crippen molar-refractivity contribution in [1.82, 2.24) is 5.32 Å². The zero-order chi connectivity index (χ0) is 14.5. The lowest BCUT2D eigenvalue weighted by molar-refractivity contribution is -0.140. The van der Waals surface area contributed by atoms with Crippen LogP contribution in [0.25, 0.3) is 0 Å². The number of carbonyl (C=O) groups is 2. The third-order valence-electron chi connectivity index (χ3n) is 3.06. The maximum atomic E-state index is 13.2. The lowest BCUT2D eigenvalue weighted by Crippen LogP contribution is -2.41. The van der Waals surface area contributed by atoms with Gasteiger partial charge in [0.15, 0.2) is 0 Å². The standard InChI is InChI=1S/C12H19F2NO3S/c1-8(16)15-10(11(17)18)7-19-6-9-3-2-4-12(13,14)5-9/h9-10H,2-7H2,1H3,(H,15,16)(H,17,18)/t9?,10-/m0/s1. The maximum Gasteiger partial charge on any atom is 0.327 e. The Bertz CT molecular complexity index is 339. The maximum absolute atomic E-state index is 13.2. The van der Waals surface area contributed by atoms with Crippen molar-refractivity contribution < 1.29 is 23.5 Å². The summed E-state index contributed by atoms with van der Waals surface area (Å²) < 4.78 is 26.4. The van der Waals surface area contributed by atoms with E-state index in [1.54, 1.807) is 0 Å². The fraction of sp³-hybridized carbons (Fsp3) is 0.833. The van der Waals surface area contributed by atoms with Gasteiger partial charge in [-0.1, -0.05) is 0 Å². The van der Waals surface area contributed by atoms with Gasteiger partial charge < -0.3 is 10.4 Å². The highest BCUT2D eigenvalue weighted by atomic mass is 32.2. The molecule has 110 valence electrons. The van der Waals surface area contributed by atoms with Gasteiger partial charge in [0.05, 0.1) is 0 Å². The SMILES string of the molecule is CC(=O)N[C@@H](CSCC1CCCC(F)(F)C1)C(=O)O. The van der Waals surface area contributed by atoms with E-state index in [1.807, 2.05) is 0 Å². The van der Waals surface area contributed by atoms with Crippen molar-refractivity contribution in [3.8, 4) is 0 Å². The minimum atomic E-state index is -2.58. The van der Waals surface area contributed by atoms with Gasteiger partial charge in [0, 0.05) is 25.5 Å². The Morgan fingerprint density at radius 1 is 1.53 bits per heavy atom. The number of hydrogen-bond acceptors (Lipinski definition) is 3. The van der Waals surface area contributed by atoms with Gasteiger partial charge in [0.2, 0.25) is 11.8 Å². The molecule has 0 spiro atoms. The Morgan fingerprint density at radius 2 is 2.21 bits per heavy atom. The highest BCUT2D eigenvalue weighted by Gasteiger charge is 2.36. The van der Waals surface area contributed by atoms with E-state index in [1.165, 1.54) is 18.7 Å². The lowest BCUT2D eigenvalue weighted by atomic mass is 9.88. The quantitative estimate of drug-likeness (QED) is 0.788. The molecule has 1 saturated carbocycles. The van der Waals surface area contributed by atoms with E-state index in [0.717, 1.165) is 6.42 Å². The molecular formula is C12H19F2NO3S. The van der Waals surface area contributed by atoms with Crippen LogP contribution in [0.15, 0.2) is 0 Å². The van der Waals surface area contributed by atoms with Crippen LogP contribution in [0, 0.1) is 5.92 Å². The molecule has 0 radical (unpaired) electrons. The van der Waals surface area contributed by atoms with Crippen molar-refractivity contribution >= 4 is 23.6 Å². The van der Waals surface area contributed by atoms with Crippen LogP contribution in [0.5, 0.6) is 0 Å². The Balaban J connectivity index is 2.31. The zero-order valence-corrected chi connectivity index (χ0v) is 11.6. The first-order valence-electron chi connectivity index (χ1n) is 6.25. The summed E-state index contributed by atoms with van der Waals surface area (Å²) >= 11 is 1.31. The molecular weight excluding hydrogens is 276 g/mol. The first kappa shape index (κ1) is 16.2. The van der Waals surface area contributed by atoms with E-state index in [-0.39, 0.29) is 24.5 Å². The number of carbonyl (C=O) groups excluding carboxylic acids is 1. The van der Waals surface area contributed by atoms with E-state index in [4.69, 9.17) is 5.11 Å². The first-order chi connectivity index (χ1) is 8.80. The predicted molar refractivity (Wildman–Crippen MR) is 69.5 cm³/mol. The van der Waals surface area contributed by atoms with Crippen molar-refractivity contribution in [2.75, 3.05) is 11.5 Å². The van der Waals surface area contributed by atoms with E-state index in [0.29, 0.717) is 12.2 Å². The Kier molecular flexibility index (Phi) is 6.03. The van der Waals surface area contributed by atoms with Crippen LogP contribution in [-0.2, 0) is 9.59 Å². The van der Waals surface area contributed by atoms with E-state index >= 15 is 0 Å². The number of halogens is 2. The fourth-order valence-electron chi connectivity index (χ4n) is 2.19. The Hall–Kier alpha value is -0.850. The third-order valence-corrected chi connectivity index (χ3v) is 4.33. The minimum absolute atomic E-state index is 0.0438. The molecule has 0 aromatic rings. The normalized spacial score (nSPS) is 23.6. The third kappa shape index (κ3) is 6.22. The average molecular weight is 295 g/mol. The van der Waals surface area contributed by atoms with Gasteiger partial charge in [-0.3, -0.25) is 4.79 Å². The number of hydrogen-bond donors (Lipinski definition) is 2. The number of thioether (sulfide) groups is 1. The van der Waals surface area contributed by atoms with Crippen LogP contribution in [0.2, 0.25) is 0 Å². The van der Waals surface area contributed by atoms with Gasteiger partial charge in [0.1, 0.15) is 6.04 Å². The highest BCUT2D eigenvalue weighted by Crippen LogP contribution is 2.37. The molecule has 1 aliphatic carbocycles. The van der Waals surface area contributed by atoms with E-state index in [2.05, 4.69) is 5.32 Å². The summed E-state index contributed by atoms with van der Waals surface area (Å²) in [4.78, 5) is 21.7. The van der Waals surface area contributed by atoms with Crippen molar-refractivity contribution in [2.45, 2.75) is 44.6 Å². The van der Waals surface area contributed by atoms with Crippen LogP contribution >= 0.6 is 11.8 Å². The van der Waals surface area contributed by atoms with E-state index < -0.39 is 23.8 Å². The predicted octanol–water partition coefficient (Wildman–Crippen LogP) is 2.13. The van der Waals surface area contributed by atoms with Crippen LogP contribution < -0.4 is 5.32 Å². The molecule has 7 heteroatoms. The summed E-state index contributed by atoms with van der Waals surface area (Å²) in [6, 6.07) is -0.952. The number of aliphatic carboxylic acids is 1. The molecule has 0 saturated heterocycles. The first-order valence-corrected chi connectivity index (χ1v) is 7.41. The second-order valence-corrected chi connectivity index (χ2v) is 6.02. The van der Waals surface area contributed by atoms with Crippen LogP contribution in [-0.4, -0.2) is 40.5 Å². The summed E-state index contributed by atoms with van der Waals surface area (Å²) in [5, 5.41) is 11.2. The Morgan fingerprint density at radius 3 is 2.74 bits per heavy atom. The molecule has 1 amide bonds. The number of carboxylic acid groups (broad SMARTS) is 1. The van der Waals surface area contributed by atoms with Crippen molar-refractivity contribution in [1.29, 1.82) is 0 Å². The highest BCUT2D eigenvalue weighted by molar-refractivity contribution is 7.99. The number of carboxylic acids is 1. The van der Waals surface area contributed by atoms with Gasteiger partial charge in [-0.15, -0.1) is 0 Å². The van der Waals surface area contributed by atoms with Crippen molar-refractivity contribution in [2.24, 2.45) is 5.92 Å². The van der Waals surface area contributed by atoms with Gasteiger partial charge >= 0.3 is 5.97 Å². The molecule has 0 heterocycles. The molecule has 19 heavy (non-hydrogen) atoms. The largest absolute Gasteiger partial charge is 0.480 e. The molecule has 4 nitrogen and oxygen atoms in total. The van der Waals surface area contributed by atoms with Crippen LogP contribution in [0.3, 0.4) is 0 Å². The lowest BCUT2D eigenvalue weighted by Gasteiger charge is -2.28. The molecule has 0 aromatic heterocycles. The molecule has 0 bridgehead atoms. The van der Waals surface area contributed by atoms with Gasteiger partial charge in [-0.2, -0.15) is 11.8 Å². The fourth-order valence-corrected chi connectivity index (χ4v) is 3.41. The molecule has 2 N–H and O–H groups in total. The van der Waals surface area contributed by atoms with Crippen molar-refractivity contribution in [3.63, 3.8) is 0 Å². The van der Waals surface area contributed by atoms with Gasteiger partial charge in [-0.05, 0) is 24.5 Å². The molecule has 1 aliphatic rings. The smallest absolute Gasteiger partial charge is 0.327 e. The van der Waals surface area contributed by atoms with E-state index in [9.17, 15) is 18.4 Å². The second-order valence-electron chi connectivity index (χ2n) is 4.95. The summed E-state index contributed by atoms with van der Waals surface area (Å²) in [7, 11) is 0. The van der Waals surface area contributed by atoms with Gasteiger partial charge in [-0.25, -0.2) is 13.6 Å². The number of nitrogens with one attached hydrogen (secondary N) is 1.